The Morgan fingerprint density at radius 1 is 1.21 bits per heavy atom. The first-order valence-electron chi connectivity index (χ1n) is 8.17. The molecule has 0 bridgehead atoms. The molecule has 1 aromatic carbocycles. The van der Waals surface area contributed by atoms with E-state index in [1.807, 2.05) is 12.1 Å². The molecule has 4 nitrogen and oxygen atoms in total. The van der Waals surface area contributed by atoms with Gasteiger partial charge in [-0.2, -0.15) is 0 Å². The molecule has 1 saturated heterocycles. The SMILES string of the molecule is CN=C(NCC1(c2ccc(F)cc2)CCOCC1)NC(C)(C)C.I. The van der Waals surface area contributed by atoms with E-state index < -0.39 is 0 Å². The standard InChI is InChI=1S/C18H28FN3O.HI/c1-17(2,3)22-16(20-4)21-13-18(9-11-23-12-10-18)14-5-7-15(19)8-6-14;/h5-8H,9-13H2,1-4H3,(H2,20,21,22);1H. The van der Waals surface area contributed by atoms with Crippen molar-refractivity contribution in [2.24, 2.45) is 4.99 Å². The molecule has 1 heterocycles. The number of benzene rings is 1. The van der Waals surface area contributed by atoms with Gasteiger partial charge < -0.3 is 15.4 Å². The summed E-state index contributed by atoms with van der Waals surface area (Å²) in [6.45, 7) is 8.50. The summed E-state index contributed by atoms with van der Waals surface area (Å²) < 4.78 is 18.8. The quantitative estimate of drug-likeness (QED) is 0.422. The Morgan fingerprint density at radius 3 is 2.29 bits per heavy atom. The molecule has 0 unspecified atom stereocenters. The van der Waals surface area contributed by atoms with Crippen molar-refractivity contribution in [3.63, 3.8) is 0 Å². The van der Waals surface area contributed by atoms with Crippen LogP contribution < -0.4 is 10.6 Å². The fourth-order valence-corrected chi connectivity index (χ4v) is 2.92. The summed E-state index contributed by atoms with van der Waals surface area (Å²) >= 11 is 0. The lowest BCUT2D eigenvalue weighted by Gasteiger charge is -2.38. The van der Waals surface area contributed by atoms with Crippen molar-refractivity contribution < 1.29 is 9.13 Å². The summed E-state index contributed by atoms with van der Waals surface area (Å²) in [5.41, 5.74) is 1.04. The predicted molar refractivity (Wildman–Crippen MR) is 108 cm³/mol. The number of guanidine groups is 1. The average Bonchev–Trinajstić information content (AvgIpc) is 2.52. The average molecular weight is 449 g/mol. The highest BCUT2D eigenvalue weighted by molar-refractivity contribution is 14.0. The van der Waals surface area contributed by atoms with Crippen molar-refractivity contribution in [3.8, 4) is 0 Å². The van der Waals surface area contributed by atoms with Gasteiger partial charge in [-0.25, -0.2) is 4.39 Å². The lowest BCUT2D eigenvalue weighted by molar-refractivity contribution is 0.0513. The second-order valence-corrected chi connectivity index (χ2v) is 7.20. The van der Waals surface area contributed by atoms with E-state index in [4.69, 9.17) is 4.74 Å². The molecule has 6 heteroatoms. The van der Waals surface area contributed by atoms with Gasteiger partial charge in [-0.05, 0) is 51.3 Å². The van der Waals surface area contributed by atoms with Crippen molar-refractivity contribution in [3.05, 3.63) is 35.6 Å². The maximum Gasteiger partial charge on any atom is 0.191 e. The van der Waals surface area contributed by atoms with E-state index in [1.54, 1.807) is 7.05 Å². The van der Waals surface area contributed by atoms with Gasteiger partial charge in [0.25, 0.3) is 0 Å². The molecule has 0 amide bonds. The summed E-state index contributed by atoms with van der Waals surface area (Å²) in [6.07, 6.45) is 1.83. The highest BCUT2D eigenvalue weighted by Gasteiger charge is 2.34. The topological polar surface area (TPSA) is 45.7 Å². The van der Waals surface area contributed by atoms with E-state index in [1.165, 1.54) is 12.1 Å². The zero-order valence-electron chi connectivity index (χ0n) is 15.0. The second kappa shape index (κ2) is 8.99. The lowest BCUT2D eigenvalue weighted by Crippen LogP contribution is -2.52. The van der Waals surface area contributed by atoms with Crippen molar-refractivity contribution in [1.29, 1.82) is 0 Å². The molecular formula is C18H29FIN3O. The largest absolute Gasteiger partial charge is 0.381 e. The van der Waals surface area contributed by atoms with Gasteiger partial charge in [-0.15, -0.1) is 24.0 Å². The molecule has 1 fully saturated rings. The number of nitrogens with one attached hydrogen (secondary N) is 2. The van der Waals surface area contributed by atoms with Gasteiger partial charge in [0, 0.05) is 37.8 Å². The Balaban J connectivity index is 0.00000288. The van der Waals surface area contributed by atoms with Gasteiger partial charge >= 0.3 is 0 Å². The van der Waals surface area contributed by atoms with Crippen LogP contribution in [0.3, 0.4) is 0 Å². The summed E-state index contributed by atoms with van der Waals surface area (Å²) in [4.78, 5) is 4.30. The van der Waals surface area contributed by atoms with E-state index in [0.717, 1.165) is 44.1 Å². The van der Waals surface area contributed by atoms with Crippen molar-refractivity contribution >= 4 is 29.9 Å². The second-order valence-electron chi connectivity index (χ2n) is 7.20. The van der Waals surface area contributed by atoms with Crippen LogP contribution in [-0.4, -0.2) is 38.3 Å². The zero-order valence-corrected chi connectivity index (χ0v) is 17.3. The van der Waals surface area contributed by atoms with Crippen molar-refractivity contribution in [2.75, 3.05) is 26.8 Å². The van der Waals surface area contributed by atoms with Crippen LogP contribution in [-0.2, 0) is 10.2 Å². The molecule has 0 spiro atoms. The van der Waals surface area contributed by atoms with Crippen LogP contribution in [0.5, 0.6) is 0 Å². The Kier molecular flexibility index (Phi) is 7.92. The van der Waals surface area contributed by atoms with E-state index in [2.05, 4.69) is 36.4 Å². The summed E-state index contributed by atoms with van der Waals surface area (Å²) in [5, 5.41) is 6.81. The number of hydrogen-bond donors (Lipinski definition) is 2. The highest BCUT2D eigenvalue weighted by Crippen LogP contribution is 2.34. The van der Waals surface area contributed by atoms with Crippen LogP contribution in [0, 0.1) is 5.82 Å². The van der Waals surface area contributed by atoms with Crippen LogP contribution in [0.2, 0.25) is 0 Å². The van der Waals surface area contributed by atoms with Crippen molar-refractivity contribution in [1.82, 2.24) is 10.6 Å². The van der Waals surface area contributed by atoms with E-state index in [0.29, 0.717) is 0 Å². The fourth-order valence-electron chi connectivity index (χ4n) is 2.92. The molecule has 1 aliphatic rings. The van der Waals surface area contributed by atoms with E-state index in [-0.39, 0.29) is 40.7 Å². The van der Waals surface area contributed by atoms with Gasteiger partial charge in [0.05, 0.1) is 0 Å². The Bertz CT molecular complexity index is 534. The maximum atomic E-state index is 13.3. The predicted octanol–water partition coefficient (Wildman–Crippen LogP) is 3.46. The molecule has 24 heavy (non-hydrogen) atoms. The monoisotopic (exact) mass is 449 g/mol. The number of aliphatic imine (C=N–C) groups is 1. The number of halogens is 2. The Morgan fingerprint density at radius 2 is 1.79 bits per heavy atom. The summed E-state index contributed by atoms with van der Waals surface area (Å²) in [7, 11) is 1.77. The van der Waals surface area contributed by atoms with Crippen LogP contribution >= 0.6 is 24.0 Å². The highest BCUT2D eigenvalue weighted by atomic mass is 127. The van der Waals surface area contributed by atoms with Gasteiger partial charge in [0.1, 0.15) is 5.82 Å². The molecule has 0 radical (unpaired) electrons. The minimum absolute atomic E-state index is 0. The Hall–Kier alpha value is -0.890. The number of ether oxygens (including phenoxy) is 1. The van der Waals surface area contributed by atoms with Gasteiger partial charge in [0.15, 0.2) is 5.96 Å². The summed E-state index contributed by atoms with van der Waals surface area (Å²) in [5.74, 6) is 0.583. The Labute approximate surface area is 161 Å². The third kappa shape index (κ3) is 5.88. The molecule has 2 N–H and O–H groups in total. The maximum absolute atomic E-state index is 13.3. The molecule has 0 atom stereocenters. The van der Waals surface area contributed by atoms with Crippen LogP contribution in [0.25, 0.3) is 0 Å². The summed E-state index contributed by atoms with van der Waals surface area (Å²) in [6, 6.07) is 6.86. The van der Waals surface area contributed by atoms with Crippen LogP contribution in [0.15, 0.2) is 29.3 Å². The van der Waals surface area contributed by atoms with Crippen LogP contribution in [0.4, 0.5) is 4.39 Å². The minimum Gasteiger partial charge on any atom is -0.381 e. The lowest BCUT2D eigenvalue weighted by atomic mass is 9.74. The molecule has 1 aromatic rings. The number of nitrogens with zero attached hydrogens (tertiary/aromatic N) is 1. The van der Waals surface area contributed by atoms with Crippen molar-refractivity contribution in [2.45, 2.75) is 44.6 Å². The molecule has 1 aliphatic heterocycles. The molecule has 0 aliphatic carbocycles. The normalized spacial score (nSPS) is 17.8. The number of rotatable bonds is 3. The molecule has 136 valence electrons. The third-order valence-electron chi connectivity index (χ3n) is 4.22. The third-order valence-corrected chi connectivity index (χ3v) is 4.22. The first-order chi connectivity index (χ1) is 10.8. The van der Waals surface area contributed by atoms with Gasteiger partial charge in [-0.1, -0.05) is 12.1 Å². The fraction of sp³-hybridized carbons (Fsp3) is 0.611. The van der Waals surface area contributed by atoms with E-state index in [9.17, 15) is 4.39 Å². The van der Waals surface area contributed by atoms with Crippen LogP contribution in [0.1, 0.15) is 39.2 Å². The van der Waals surface area contributed by atoms with Gasteiger partial charge in [0.2, 0.25) is 0 Å². The smallest absolute Gasteiger partial charge is 0.191 e. The molecule has 0 saturated carbocycles. The zero-order chi connectivity index (χ0) is 16.9. The number of hydrogen-bond acceptors (Lipinski definition) is 2. The molecular weight excluding hydrogens is 420 g/mol. The minimum atomic E-state index is -0.200. The van der Waals surface area contributed by atoms with E-state index >= 15 is 0 Å². The van der Waals surface area contributed by atoms with Gasteiger partial charge in [-0.3, -0.25) is 4.99 Å². The first-order valence-corrected chi connectivity index (χ1v) is 8.17. The first kappa shape index (κ1) is 21.2. The molecule has 2 rings (SSSR count). The molecule has 0 aromatic heterocycles.